The summed E-state index contributed by atoms with van der Waals surface area (Å²) in [5, 5.41) is 13.2. The zero-order valence-corrected chi connectivity index (χ0v) is 17.7. The molecule has 2 N–H and O–H groups in total. The Bertz CT molecular complexity index is 1040. The van der Waals surface area contributed by atoms with Crippen molar-refractivity contribution in [2.45, 2.75) is 27.0 Å². The molecule has 0 bridgehead atoms. The van der Waals surface area contributed by atoms with E-state index < -0.39 is 5.97 Å². The van der Waals surface area contributed by atoms with E-state index in [1.165, 1.54) is 0 Å². The van der Waals surface area contributed by atoms with Crippen molar-refractivity contribution in [3.63, 3.8) is 0 Å². The third-order valence-electron chi connectivity index (χ3n) is 4.62. The van der Waals surface area contributed by atoms with Crippen LogP contribution in [-0.2, 0) is 13.2 Å². The molecule has 0 heterocycles. The highest BCUT2D eigenvalue weighted by atomic mass is 35.5. The van der Waals surface area contributed by atoms with E-state index in [9.17, 15) is 9.90 Å². The van der Waals surface area contributed by atoms with Gasteiger partial charge in [-0.15, -0.1) is 0 Å². The molecule has 0 fully saturated rings. The fraction of sp³-hybridized carbons (Fsp3) is 0.208. The molecule has 0 aromatic heterocycles. The molecule has 3 rings (SSSR count). The van der Waals surface area contributed by atoms with Crippen LogP contribution in [0, 0.1) is 6.92 Å². The number of carbonyl (C=O) groups is 1. The van der Waals surface area contributed by atoms with Gasteiger partial charge in [0, 0.05) is 22.8 Å². The number of hydrogen-bond donors (Lipinski definition) is 2. The molecule has 156 valence electrons. The minimum Gasteiger partial charge on any atom is -0.490 e. The van der Waals surface area contributed by atoms with E-state index in [2.05, 4.69) is 5.32 Å². The maximum atomic E-state index is 11.2. The van der Waals surface area contributed by atoms with Gasteiger partial charge in [0.25, 0.3) is 0 Å². The van der Waals surface area contributed by atoms with Crippen LogP contribution < -0.4 is 14.8 Å². The largest absolute Gasteiger partial charge is 0.490 e. The van der Waals surface area contributed by atoms with Crippen LogP contribution in [0.25, 0.3) is 0 Å². The lowest BCUT2D eigenvalue weighted by Gasteiger charge is -2.15. The Morgan fingerprint density at radius 2 is 1.83 bits per heavy atom. The lowest BCUT2D eigenvalue weighted by Crippen LogP contribution is -2.05. The van der Waals surface area contributed by atoms with Gasteiger partial charge in [-0.1, -0.05) is 41.9 Å². The Hall–Kier alpha value is -3.18. The fourth-order valence-electron chi connectivity index (χ4n) is 2.96. The summed E-state index contributed by atoms with van der Waals surface area (Å²) in [6.07, 6.45) is 0. The summed E-state index contributed by atoms with van der Waals surface area (Å²) in [4.78, 5) is 11.2. The number of carboxylic acids is 1. The fourth-order valence-corrected chi connectivity index (χ4v) is 3.15. The second-order valence-electron chi connectivity index (χ2n) is 6.78. The van der Waals surface area contributed by atoms with E-state index in [0.29, 0.717) is 36.3 Å². The maximum Gasteiger partial charge on any atom is 0.335 e. The van der Waals surface area contributed by atoms with Crippen LogP contribution in [0.3, 0.4) is 0 Å². The van der Waals surface area contributed by atoms with Gasteiger partial charge >= 0.3 is 5.97 Å². The van der Waals surface area contributed by atoms with Crippen molar-refractivity contribution in [3.8, 4) is 11.5 Å². The predicted molar refractivity (Wildman–Crippen MR) is 119 cm³/mol. The van der Waals surface area contributed by atoms with Crippen molar-refractivity contribution in [1.29, 1.82) is 0 Å². The number of anilines is 1. The lowest BCUT2D eigenvalue weighted by molar-refractivity contribution is 0.0697. The number of aryl methyl sites for hydroxylation is 1. The summed E-state index contributed by atoms with van der Waals surface area (Å²) < 4.78 is 11.7. The monoisotopic (exact) mass is 425 g/mol. The van der Waals surface area contributed by atoms with Crippen LogP contribution in [0.4, 0.5) is 5.69 Å². The van der Waals surface area contributed by atoms with Crippen molar-refractivity contribution < 1.29 is 19.4 Å². The second kappa shape index (κ2) is 10.0. The van der Waals surface area contributed by atoms with E-state index in [1.807, 2.05) is 56.3 Å². The molecule has 0 radical (unpaired) electrons. The average molecular weight is 426 g/mol. The first-order valence-corrected chi connectivity index (χ1v) is 10.1. The Morgan fingerprint density at radius 1 is 1.03 bits per heavy atom. The summed E-state index contributed by atoms with van der Waals surface area (Å²) >= 11 is 6.20. The SMILES string of the molecule is CCOc1cc(CNc2cc(C(=O)O)ccc2C)ccc1OCc1ccccc1Cl. The van der Waals surface area contributed by atoms with Gasteiger partial charge in [0.2, 0.25) is 0 Å². The Labute approximate surface area is 181 Å². The number of halogens is 1. The zero-order valence-electron chi connectivity index (χ0n) is 16.9. The Morgan fingerprint density at radius 3 is 2.57 bits per heavy atom. The molecular weight excluding hydrogens is 402 g/mol. The van der Waals surface area contributed by atoms with Crippen LogP contribution in [0.15, 0.2) is 60.7 Å². The van der Waals surface area contributed by atoms with Crippen LogP contribution >= 0.6 is 11.6 Å². The highest BCUT2D eigenvalue weighted by Crippen LogP contribution is 2.30. The Balaban J connectivity index is 1.72. The Kier molecular flexibility index (Phi) is 7.20. The summed E-state index contributed by atoms with van der Waals surface area (Å²) in [5.41, 5.74) is 3.91. The van der Waals surface area contributed by atoms with Crippen molar-refractivity contribution in [3.05, 3.63) is 87.9 Å². The first-order valence-electron chi connectivity index (χ1n) is 9.67. The van der Waals surface area contributed by atoms with Gasteiger partial charge < -0.3 is 19.9 Å². The number of nitrogens with one attached hydrogen (secondary N) is 1. The molecule has 0 saturated heterocycles. The summed E-state index contributed by atoms with van der Waals surface area (Å²) in [6.45, 7) is 5.24. The van der Waals surface area contributed by atoms with Crippen LogP contribution in [0.2, 0.25) is 5.02 Å². The van der Waals surface area contributed by atoms with Crippen molar-refractivity contribution >= 4 is 23.3 Å². The normalized spacial score (nSPS) is 10.5. The molecule has 0 aliphatic carbocycles. The molecule has 0 atom stereocenters. The van der Waals surface area contributed by atoms with E-state index in [0.717, 1.165) is 22.4 Å². The maximum absolute atomic E-state index is 11.2. The highest BCUT2D eigenvalue weighted by Gasteiger charge is 2.10. The number of hydrogen-bond acceptors (Lipinski definition) is 4. The van der Waals surface area contributed by atoms with Crippen LogP contribution in [0.5, 0.6) is 11.5 Å². The molecule has 0 aliphatic heterocycles. The number of aromatic carboxylic acids is 1. The van der Waals surface area contributed by atoms with Gasteiger partial charge in [0.05, 0.1) is 12.2 Å². The minimum atomic E-state index is -0.947. The quantitative estimate of drug-likeness (QED) is 0.444. The smallest absolute Gasteiger partial charge is 0.335 e. The van der Waals surface area contributed by atoms with E-state index in [-0.39, 0.29) is 5.56 Å². The van der Waals surface area contributed by atoms with Gasteiger partial charge in [-0.2, -0.15) is 0 Å². The van der Waals surface area contributed by atoms with E-state index >= 15 is 0 Å². The van der Waals surface area contributed by atoms with Gasteiger partial charge in [0.15, 0.2) is 11.5 Å². The van der Waals surface area contributed by atoms with Gasteiger partial charge in [0.1, 0.15) is 6.61 Å². The number of carboxylic acid groups (broad SMARTS) is 1. The molecular formula is C24H24ClNO4. The van der Waals surface area contributed by atoms with Gasteiger partial charge in [-0.05, 0) is 55.3 Å². The molecule has 30 heavy (non-hydrogen) atoms. The molecule has 0 aliphatic rings. The molecule has 0 unspecified atom stereocenters. The molecule has 3 aromatic carbocycles. The van der Waals surface area contributed by atoms with E-state index in [4.69, 9.17) is 21.1 Å². The molecule has 0 saturated carbocycles. The van der Waals surface area contributed by atoms with Crippen molar-refractivity contribution in [2.75, 3.05) is 11.9 Å². The van der Waals surface area contributed by atoms with Gasteiger partial charge in [-0.3, -0.25) is 0 Å². The van der Waals surface area contributed by atoms with Crippen molar-refractivity contribution in [1.82, 2.24) is 0 Å². The number of ether oxygens (including phenoxy) is 2. The lowest BCUT2D eigenvalue weighted by atomic mass is 10.1. The number of rotatable bonds is 9. The van der Waals surface area contributed by atoms with Crippen LogP contribution in [-0.4, -0.2) is 17.7 Å². The summed E-state index contributed by atoms with van der Waals surface area (Å²) in [6, 6.07) is 18.3. The third kappa shape index (κ3) is 5.45. The van der Waals surface area contributed by atoms with E-state index in [1.54, 1.807) is 18.2 Å². The summed E-state index contributed by atoms with van der Waals surface area (Å²) in [7, 11) is 0. The average Bonchev–Trinajstić information content (AvgIpc) is 2.73. The number of benzene rings is 3. The molecule has 3 aromatic rings. The first kappa shape index (κ1) is 21.5. The highest BCUT2D eigenvalue weighted by molar-refractivity contribution is 6.31. The minimum absolute atomic E-state index is 0.251. The molecule has 0 amide bonds. The first-order chi connectivity index (χ1) is 14.5. The molecule has 0 spiro atoms. The third-order valence-corrected chi connectivity index (χ3v) is 4.99. The van der Waals surface area contributed by atoms with Crippen LogP contribution in [0.1, 0.15) is 34.0 Å². The molecule has 5 nitrogen and oxygen atoms in total. The zero-order chi connectivity index (χ0) is 21.5. The standard InChI is InChI=1S/C24H24ClNO4/c1-3-29-23-12-17(14-26-21-13-18(24(27)28)10-8-16(21)2)9-11-22(23)30-15-19-6-4-5-7-20(19)25/h4-13,26H,3,14-15H2,1-2H3,(H,27,28). The van der Waals surface area contributed by atoms with Crippen molar-refractivity contribution in [2.24, 2.45) is 0 Å². The predicted octanol–water partition coefficient (Wildman–Crippen LogP) is 5.94. The summed E-state index contributed by atoms with van der Waals surface area (Å²) in [5.74, 6) is 0.348. The molecule has 6 heteroatoms. The van der Waals surface area contributed by atoms with Gasteiger partial charge in [-0.25, -0.2) is 4.79 Å². The second-order valence-corrected chi connectivity index (χ2v) is 7.19. The topological polar surface area (TPSA) is 67.8 Å².